The molecule has 1 saturated heterocycles. The quantitative estimate of drug-likeness (QED) is 0.616. The molecular formula is C26H37N3O2S. The van der Waals surface area contributed by atoms with E-state index >= 15 is 0 Å². The third-order valence-electron chi connectivity index (χ3n) is 6.48. The maximum Gasteiger partial charge on any atom is 0.243 e. The summed E-state index contributed by atoms with van der Waals surface area (Å²) < 4.78 is 0. The highest BCUT2D eigenvalue weighted by molar-refractivity contribution is 7.13. The number of benzene rings is 1. The minimum atomic E-state index is -0.382. The first-order valence-electron chi connectivity index (χ1n) is 11.6. The van der Waals surface area contributed by atoms with Crippen LogP contribution in [-0.2, 0) is 9.59 Å². The van der Waals surface area contributed by atoms with E-state index in [1.807, 2.05) is 24.3 Å². The molecule has 3 unspecified atom stereocenters. The first kappa shape index (κ1) is 24.4. The molecule has 2 heterocycles. The summed E-state index contributed by atoms with van der Waals surface area (Å²) >= 11 is 1.63. The van der Waals surface area contributed by atoms with Gasteiger partial charge in [0.15, 0.2) is 0 Å². The zero-order valence-corrected chi connectivity index (χ0v) is 21.3. The molecule has 5 nitrogen and oxygen atoms in total. The van der Waals surface area contributed by atoms with E-state index in [0.29, 0.717) is 6.54 Å². The van der Waals surface area contributed by atoms with Crippen LogP contribution in [0.3, 0.4) is 0 Å². The summed E-state index contributed by atoms with van der Waals surface area (Å²) in [5.74, 6) is 0.187. The molecule has 3 atom stereocenters. The number of carbonyl (C=O) groups excluding carboxylic acids is 2. The van der Waals surface area contributed by atoms with Crippen LogP contribution in [-0.4, -0.2) is 34.3 Å². The average Bonchev–Trinajstić information content (AvgIpc) is 3.35. The number of hydrogen-bond acceptors (Lipinski definition) is 4. The van der Waals surface area contributed by atoms with Gasteiger partial charge in [0.2, 0.25) is 11.8 Å². The van der Waals surface area contributed by atoms with E-state index in [0.717, 1.165) is 29.7 Å². The number of hydrogen-bond donors (Lipinski definition) is 1. The summed E-state index contributed by atoms with van der Waals surface area (Å²) in [4.78, 5) is 33.9. The van der Waals surface area contributed by atoms with Crippen molar-refractivity contribution < 1.29 is 9.59 Å². The molecular weight excluding hydrogens is 418 g/mol. The third-order valence-corrected chi connectivity index (χ3v) is 7.46. The number of rotatable bonds is 6. The molecule has 0 saturated carbocycles. The van der Waals surface area contributed by atoms with E-state index in [2.05, 4.69) is 69.2 Å². The molecule has 1 fully saturated rings. The molecule has 1 N–H and O–H groups in total. The van der Waals surface area contributed by atoms with Gasteiger partial charge in [-0.15, -0.1) is 11.3 Å². The van der Waals surface area contributed by atoms with Crippen LogP contribution in [0.2, 0.25) is 0 Å². The van der Waals surface area contributed by atoms with Gasteiger partial charge in [0.1, 0.15) is 6.04 Å². The number of nitrogens with zero attached hydrogens (tertiary/aromatic N) is 2. The molecule has 1 aliphatic heterocycles. The monoisotopic (exact) mass is 455 g/mol. The van der Waals surface area contributed by atoms with Crippen LogP contribution in [0.1, 0.15) is 71.7 Å². The standard InChI is InChI=1S/C26H37N3O2S/c1-16(2)22(26(5,6)7)25(31)29-14-8-9-21(29)24(30)28-17(3)19-10-12-20(13-11-19)23-18(4)27-15-32-23/h10-13,15-17,21-22H,8-9,14H2,1-7H3,(H,28,30). The summed E-state index contributed by atoms with van der Waals surface area (Å²) in [5.41, 5.74) is 4.95. The molecule has 3 rings (SSSR count). The van der Waals surface area contributed by atoms with Crippen LogP contribution >= 0.6 is 11.3 Å². The fourth-order valence-electron chi connectivity index (χ4n) is 5.03. The molecule has 1 aromatic carbocycles. The van der Waals surface area contributed by atoms with Crippen LogP contribution < -0.4 is 5.32 Å². The summed E-state index contributed by atoms with van der Waals surface area (Å²) in [6.07, 6.45) is 1.60. The highest BCUT2D eigenvalue weighted by atomic mass is 32.1. The second kappa shape index (κ2) is 9.74. The summed E-state index contributed by atoms with van der Waals surface area (Å²) in [6, 6.07) is 7.78. The number of carbonyl (C=O) groups is 2. The lowest BCUT2D eigenvalue weighted by atomic mass is 9.73. The number of aryl methyl sites for hydroxylation is 1. The zero-order valence-electron chi connectivity index (χ0n) is 20.4. The first-order chi connectivity index (χ1) is 15.0. The average molecular weight is 456 g/mol. The molecule has 1 aromatic heterocycles. The van der Waals surface area contributed by atoms with Gasteiger partial charge in [-0.1, -0.05) is 58.9 Å². The van der Waals surface area contributed by atoms with Crippen molar-refractivity contribution in [2.45, 2.75) is 73.4 Å². The maximum atomic E-state index is 13.4. The highest BCUT2D eigenvalue weighted by Crippen LogP contribution is 2.35. The minimum Gasteiger partial charge on any atom is -0.348 e. The summed E-state index contributed by atoms with van der Waals surface area (Å²) in [7, 11) is 0. The van der Waals surface area contributed by atoms with Gasteiger partial charge in [0.25, 0.3) is 0 Å². The fourth-order valence-corrected chi connectivity index (χ4v) is 5.84. The minimum absolute atomic E-state index is 0.0536. The fraction of sp³-hybridized carbons (Fsp3) is 0.577. The third kappa shape index (κ3) is 5.22. The van der Waals surface area contributed by atoms with E-state index in [1.165, 1.54) is 4.88 Å². The Hall–Kier alpha value is -2.21. The Morgan fingerprint density at radius 2 is 1.81 bits per heavy atom. The lowest BCUT2D eigenvalue weighted by Crippen LogP contribution is -2.51. The van der Waals surface area contributed by atoms with Crippen molar-refractivity contribution in [2.24, 2.45) is 17.3 Å². The van der Waals surface area contributed by atoms with Gasteiger partial charge in [0, 0.05) is 12.5 Å². The van der Waals surface area contributed by atoms with Crippen molar-refractivity contribution in [1.29, 1.82) is 0 Å². The lowest BCUT2D eigenvalue weighted by molar-refractivity contribution is -0.146. The van der Waals surface area contributed by atoms with Crippen molar-refractivity contribution in [2.75, 3.05) is 6.54 Å². The van der Waals surface area contributed by atoms with Gasteiger partial charge < -0.3 is 10.2 Å². The van der Waals surface area contributed by atoms with Gasteiger partial charge in [-0.2, -0.15) is 0 Å². The van der Waals surface area contributed by atoms with Crippen LogP contribution in [0.15, 0.2) is 29.8 Å². The van der Waals surface area contributed by atoms with Crippen molar-refractivity contribution >= 4 is 23.2 Å². The van der Waals surface area contributed by atoms with E-state index in [9.17, 15) is 9.59 Å². The molecule has 1 aliphatic rings. The zero-order chi connectivity index (χ0) is 23.6. The highest BCUT2D eigenvalue weighted by Gasteiger charge is 2.42. The predicted octanol–water partition coefficient (Wildman–Crippen LogP) is 5.61. The molecule has 6 heteroatoms. The Morgan fingerprint density at radius 1 is 1.16 bits per heavy atom. The second-order valence-corrected chi connectivity index (χ2v) is 11.3. The number of amides is 2. The Balaban J connectivity index is 1.69. The van der Waals surface area contributed by atoms with Crippen LogP contribution in [0, 0.1) is 24.2 Å². The first-order valence-corrected chi connectivity index (χ1v) is 12.5. The van der Waals surface area contributed by atoms with E-state index in [1.54, 1.807) is 11.3 Å². The molecule has 2 amide bonds. The number of aromatic nitrogens is 1. The van der Waals surface area contributed by atoms with Gasteiger partial charge in [-0.3, -0.25) is 9.59 Å². The normalized spacial score (nSPS) is 18.6. The molecule has 32 heavy (non-hydrogen) atoms. The second-order valence-electron chi connectivity index (χ2n) is 10.4. The molecule has 174 valence electrons. The van der Waals surface area contributed by atoms with Crippen molar-refractivity contribution in [3.05, 3.63) is 41.0 Å². The van der Waals surface area contributed by atoms with E-state index in [4.69, 9.17) is 0 Å². The Kier molecular flexibility index (Phi) is 7.43. The molecule has 0 bridgehead atoms. The molecule has 0 spiro atoms. The Bertz CT molecular complexity index is 943. The van der Waals surface area contributed by atoms with Gasteiger partial charge in [-0.25, -0.2) is 4.98 Å². The maximum absolute atomic E-state index is 13.4. The topological polar surface area (TPSA) is 62.3 Å². The molecule has 0 aliphatic carbocycles. The molecule has 2 aromatic rings. The van der Waals surface area contributed by atoms with Gasteiger partial charge in [-0.05, 0) is 49.1 Å². The van der Waals surface area contributed by atoms with E-state index < -0.39 is 0 Å². The van der Waals surface area contributed by atoms with Crippen LogP contribution in [0.25, 0.3) is 10.4 Å². The van der Waals surface area contributed by atoms with Gasteiger partial charge >= 0.3 is 0 Å². The SMILES string of the molecule is Cc1ncsc1-c1ccc(C(C)NC(=O)C2CCCN2C(=O)C(C(C)C)C(C)(C)C)cc1. The lowest BCUT2D eigenvalue weighted by Gasteiger charge is -2.37. The number of thiazole rings is 1. The van der Waals surface area contributed by atoms with Crippen molar-refractivity contribution in [3.63, 3.8) is 0 Å². The van der Waals surface area contributed by atoms with Crippen molar-refractivity contribution in [3.8, 4) is 10.4 Å². The Morgan fingerprint density at radius 3 is 2.34 bits per heavy atom. The summed E-state index contributed by atoms with van der Waals surface area (Å²) in [5, 5.41) is 3.15. The smallest absolute Gasteiger partial charge is 0.243 e. The van der Waals surface area contributed by atoms with Gasteiger partial charge in [0.05, 0.1) is 22.1 Å². The molecule has 0 radical (unpaired) electrons. The number of nitrogens with one attached hydrogen (secondary N) is 1. The Labute approximate surface area is 196 Å². The number of likely N-dealkylation sites (tertiary alicyclic amines) is 1. The van der Waals surface area contributed by atoms with Crippen molar-refractivity contribution in [1.82, 2.24) is 15.2 Å². The largest absolute Gasteiger partial charge is 0.348 e. The summed E-state index contributed by atoms with van der Waals surface area (Å²) in [6.45, 7) is 15.2. The predicted molar refractivity (Wildman–Crippen MR) is 131 cm³/mol. The van der Waals surface area contributed by atoms with E-state index in [-0.39, 0.29) is 41.1 Å². The van der Waals surface area contributed by atoms with Crippen LogP contribution in [0.5, 0.6) is 0 Å². The van der Waals surface area contributed by atoms with Crippen LogP contribution in [0.4, 0.5) is 0 Å².